The molecule has 2 aliphatic heterocycles. The third-order valence-corrected chi connectivity index (χ3v) is 4.70. The van der Waals surface area contributed by atoms with Crippen molar-refractivity contribution in [3.05, 3.63) is 35.9 Å². The number of carbonyl (C=O) groups excluding carboxylic acids is 1. The Morgan fingerprint density at radius 2 is 1.95 bits per heavy atom. The SMILES string of the molecule is O=C(O)CC1CC2CCC1CN2C(=O)c1ccccc1. The van der Waals surface area contributed by atoms with E-state index in [0.29, 0.717) is 5.92 Å². The van der Waals surface area contributed by atoms with Gasteiger partial charge in [0.15, 0.2) is 0 Å². The second-order valence-electron chi connectivity index (χ2n) is 5.91. The molecule has 20 heavy (non-hydrogen) atoms. The molecule has 1 N–H and O–H groups in total. The summed E-state index contributed by atoms with van der Waals surface area (Å²) in [5.41, 5.74) is 0.731. The molecule has 1 aromatic carbocycles. The van der Waals surface area contributed by atoms with Crippen LogP contribution in [-0.2, 0) is 4.79 Å². The highest BCUT2D eigenvalue weighted by Crippen LogP contribution is 2.41. The predicted molar refractivity (Wildman–Crippen MR) is 74.4 cm³/mol. The van der Waals surface area contributed by atoms with Crippen LogP contribution in [0.1, 0.15) is 36.0 Å². The molecule has 1 aromatic rings. The fourth-order valence-electron chi connectivity index (χ4n) is 3.70. The van der Waals surface area contributed by atoms with Gasteiger partial charge in [-0.3, -0.25) is 9.59 Å². The molecule has 0 aromatic heterocycles. The average Bonchev–Trinajstić information content (AvgIpc) is 2.47. The van der Waals surface area contributed by atoms with Gasteiger partial charge in [0.2, 0.25) is 0 Å². The zero-order valence-electron chi connectivity index (χ0n) is 11.4. The van der Waals surface area contributed by atoms with Gasteiger partial charge in [0.25, 0.3) is 5.91 Å². The Labute approximate surface area is 118 Å². The summed E-state index contributed by atoms with van der Waals surface area (Å²) < 4.78 is 0. The minimum atomic E-state index is -0.719. The number of fused-ring (bicyclic) bond motifs is 3. The van der Waals surface area contributed by atoms with E-state index in [-0.39, 0.29) is 24.3 Å². The quantitative estimate of drug-likeness (QED) is 0.920. The molecular weight excluding hydrogens is 254 g/mol. The fraction of sp³-hybridized carbons (Fsp3) is 0.500. The van der Waals surface area contributed by atoms with E-state index in [4.69, 9.17) is 5.11 Å². The predicted octanol–water partition coefficient (Wildman–Crippen LogP) is 2.40. The lowest BCUT2D eigenvalue weighted by atomic mass is 9.70. The van der Waals surface area contributed by atoms with E-state index in [2.05, 4.69) is 0 Å². The molecule has 1 saturated carbocycles. The summed E-state index contributed by atoms with van der Waals surface area (Å²) in [4.78, 5) is 25.4. The van der Waals surface area contributed by atoms with Crippen molar-refractivity contribution in [1.29, 1.82) is 0 Å². The number of carbonyl (C=O) groups is 2. The molecular formula is C16H19NO3. The number of hydrogen-bond acceptors (Lipinski definition) is 2. The fourth-order valence-corrected chi connectivity index (χ4v) is 3.70. The number of aliphatic carboxylic acids is 1. The molecule has 1 amide bonds. The maximum Gasteiger partial charge on any atom is 0.303 e. The molecule has 2 bridgehead atoms. The first kappa shape index (κ1) is 13.2. The largest absolute Gasteiger partial charge is 0.481 e. The lowest BCUT2D eigenvalue weighted by Gasteiger charge is -2.49. The van der Waals surface area contributed by atoms with Crippen LogP contribution in [0.5, 0.6) is 0 Å². The van der Waals surface area contributed by atoms with Crippen LogP contribution in [-0.4, -0.2) is 34.5 Å². The molecule has 4 nitrogen and oxygen atoms in total. The van der Waals surface area contributed by atoms with Gasteiger partial charge in [-0.1, -0.05) is 18.2 Å². The molecule has 106 valence electrons. The van der Waals surface area contributed by atoms with Crippen molar-refractivity contribution in [3.63, 3.8) is 0 Å². The highest BCUT2D eigenvalue weighted by Gasteiger charge is 2.42. The summed E-state index contributed by atoms with van der Waals surface area (Å²) in [5.74, 6) is -0.0348. The van der Waals surface area contributed by atoms with Gasteiger partial charge in [0.05, 0.1) is 0 Å². The zero-order valence-corrected chi connectivity index (χ0v) is 11.4. The molecule has 4 heteroatoms. The minimum Gasteiger partial charge on any atom is -0.481 e. The first-order valence-electron chi connectivity index (χ1n) is 7.23. The van der Waals surface area contributed by atoms with Gasteiger partial charge in [-0.25, -0.2) is 0 Å². The molecule has 2 heterocycles. The number of carboxylic acids is 1. The number of piperidine rings is 2. The van der Waals surface area contributed by atoms with Crippen molar-refractivity contribution < 1.29 is 14.7 Å². The lowest BCUT2D eigenvalue weighted by molar-refractivity contribution is -0.139. The van der Waals surface area contributed by atoms with Crippen LogP contribution < -0.4 is 0 Å². The van der Waals surface area contributed by atoms with Gasteiger partial charge in [-0.2, -0.15) is 0 Å². The monoisotopic (exact) mass is 273 g/mol. The summed E-state index contributed by atoms with van der Waals surface area (Å²) in [6.07, 6.45) is 3.16. The maximum atomic E-state index is 12.5. The molecule has 0 radical (unpaired) electrons. The van der Waals surface area contributed by atoms with Crippen LogP contribution in [0.4, 0.5) is 0 Å². The Kier molecular flexibility index (Phi) is 3.47. The number of amides is 1. The molecule has 2 saturated heterocycles. The molecule has 1 aliphatic carbocycles. The van der Waals surface area contributed by atoms with Crippen molar-refractivity contribution in [2.45, 2.75) is 31.7 Å². The Morgan fingerprint density at radius 3 is 2.55 bits per heavy atom. The van der Waals surface area contributed by atoms with E-state index >= 15 is 0 Å². The van der Waals surface area contributed by atoms with E-state index in [9.17, 15) is 9.59 Å². The third-order valence-electron chi connectivity index (χ3n) is 4.70. The van der Waals surface area contributed by atoms with Gasteiger partial charge in [-0.05, 0) is 43.2 Å². The second-order valence-corrected chi connectivity index (χ2v) is 5.91. The van der Waals surface area contributed by atoms with Crippen molar-refractivity contribution >= 4 is 11.9 Å². The Bertz CT molecular complexity index is 514. The Hall–Kier alpha value is -1.84. The first-order valence-corrected chi connectivity index (χ1v) is 7.23. The van der Waals surface area contributed by atoms with E-state index in [1.165, 1.54) is 0 Å². The number of benzene rings is 1. The van der Waals surface area contributed by atoms with E-state index in [1.807, 2.05) is 35.2 Å². The standard InChI is InChI=1S/C16H19NO3/c18-15(19)9-13-8-14-7-6-12(13)10-17(14)16(20)11-4-2-1-3-5-11/h1-5,12-14H,6-10H2,(H,18,19). The zero-order chi connectivity index (χ0) is 14.1. The molecule has 3 unspecified atom stereocenters. The Morgan fingerprint density at radius 1 is 1.20 bits per heavy atom. The van der Waals surface area contributed by atoms with Gasteiger partial charge < -0.3 is 10.0 Å². The number of nitrogens with zero attached hydrogens (tertiary/aromatic N) is 1. The van der Waals surface area contributed by atoms with Gasteiger partial charge in [-0.15, -0.1) is 0 Å². The molecule has 3 aliphatic rings. The van der Waals surface area contributed by atoms with Gasteiger partial charge in [0, 0.05) is 24.6 Å². The summed E-state index contributed by atoms with van der Waals surface area (Å²) in [6, 6.07) is 9.57. The first-order chi connectivity index (χ1) is 9.65. The number of carboxylic acid groups (broad SMARTS) is 1. The van der Waals surface area contributed by atoms with Gasteiger partial charge >= 0.3 is 5.97 Å². The van der Waals surface area contributed by atoms with Crippen molar-refractivity contribution in [3.8, 4) is 0 Å². The van der Waals surface area contributed by atoms with E-state index in [1.54, 1.807) is 0 Å². The second kappa shape index (κ2) is 5.27. The summed E-state index contributed by atoms with van der Waals surface area (Å²) >= 11 is 0. The summed E-state index contributed by atoms with van der Waals surface area (Å²) in [6.45, 7) is 0.719. The molecule has 3 atom stereocenters. The van der Waals surface area contributed by atoms with Crippen LogP contribution in [0.25, 0.3) is 0 Å². The van der Waals surface area contributed by atoms with Crippen molar-refractivity contribution in [1.82, 2.24) is 4.90 Å². The summed E-state index contributed by atoms with van der Waals surface area (Å²) in [5, 5.41) is 8.97. The average molecular weight is 273 g/mol. The molecule has 4 rings (SSSR count). The Balaban J connectivity index is 1.73. The van der Waals surface area contributed by atoms with Crippen LogP contribution in [0.3, 0.4) is 0 Å². The van der Waals surface area contributed by atoms with E-state index in [0.717, 1.165) is 31.4 Å². The van der Waals surface area contributed by atoms with Gasteiger partial charge in [0.1, 0.15) is 0 Å². The van der Waals surface area contributed by atoms with Crippen molar-refractivity contribution in [2.75, 3.05) is 6.54 Å². The topological polar surface area (TPSA) is 57.6 Å². The minimum absolute atomic E-state index is 0.0917. The van der Waals surface area contributed by atoms with Crippen LogP contribution in [0, 0.1) is 11.8 Å². The highest BCUT2D eigenvalue weighted by atomic mass is 16.4. The lowest BCUT2D eigenvalue weighted by Crippen LogP contribution is -2.54. The number of rotatable bonds is 3. The molecule has 0 spiro atoms. The van der Waals surface area contributed by atoms with Crippen LogP contribution in [0.2, 0.25) is 0 Å². The summed E-state index contributed by atoms with van der Waals surface area (Å²) in [7, 11) is 0. The van der Waals surface area contributed by atoms with E-state index < -0.39 is 5.97 Å². The van der Waals surface area contributed by atoms with Crippen LogP contribution >= 0.6 is 0 Å². The van der Waals surface area contributed by atoms with Crippen molar-refractivity contribution in [2.24, 2.45) is 11.8 Å². The maximum absolute atomic E-state index is 12.5. The normalized spacial score (nSPS) is 28.4. The highest BCUT2D eigenvalue weighted by molar-refractivity contribution is 5.94. The smallest absolute Gasteiger partial charge is 0.303 e. The van der Waals surface area contributed by atoms with Crippen LogP contribution in [0.15, 0.2) is 30.3 Å². The number of hydrogen-bond donors (Lipinski definition) is 1. The third kappa shape index (κ3) is 2.42. The molecule has 3 fully saturated rings.